The normalized spacial score (nSPS) is 10.9. The van der Waals surface area contributed by atoms with Gasteiger partial charge in [0.25, 0.3) is 0 Å². The predicted octanol–water partition coefficient (Wildman–Crippen LogP) is 3.25. The molecule has 0 saturated carbocycles. The number of carboxylic acids is 1. The van der Waals surface area contributed by atoms with Crippen molar-refractivity contribution in [2.45, 2.75) is 19.9 Å². The lowest BCUT2D eigenvalue weighted by atomic mass is 10.1. The zero-order chi connectivity index (χ0) is 16.6. The van der Waals surface area contributed by atoms with Crippen LogP contribution in [0.2, 0.25) is 0 Å². The Hall–Kier alpha value is -3.20. The van der Waals surface area contributed by atoms with E-state index >= 15 is 0 Å². The van der Waals surface area contributed by atoms with Crippen LogP contribution in [0.4, 0.5) is 0 Å². The van der Waals surface area contributed by atoms with Gasteiger partial charge in [-0.25, -0.2) is 9.78 Å². The highest BCUT2D eigenvalue weighted by molar-refractivity contribution is 5.90. The first kappa shape index (κ1) is 14.7. The van der Waals surface area contributed by atoms with Crippen molar-refractivity contribution in [3.63, 3.8) is 0 Å². The lowest BCUT2D eigenvalue weighted by molar-refractivity contribution is 0.0690. The van der Waals surface area contributed by atoms with Gasteiger partial charge in [-0.1, -0.05) is 6.07 Å². The fourth-order valence-corrected chi connectivity index (χ4v) is 2.52. The minimum atomic E-state index is -1.11. The van der Waals surface area contributed by atoms with Gasteiger partial charge in [-0.05, 0) is 26.0 Å². The molecule has 0 fully saturated rings. The maximum absolute atomic E-state index is 10.8. The van der Waals surface area contributed by atoms with Crippen molar-refractivity contribution in [1.29, 1.82) is 5.26 Å². The number of carboxylic acid groups (broad SMARTS) is 1. The van der Waals surface area contributed by atoms with Gasteiger partial charge in [-0.15, -0.1) is 0 Å². The van der Waals surface area contributed by atoms with Gasteiger partial charge in [-0.3, -0.25) is 4.98 Å². The van der Waals surface area contributed by atoms with Crippen molar-refractivity contribution in [1.82, 2.24) is 14.5 Å². The first-order valence-corrected chi connectivity index (χ1v) is 7.11. The Morgan fingerprint density at radius 3 is 2.65 bits per heavy atom. The first-order valence-electron chi connectivity index (χ1n) is 7.11. The highest BCUT2D eigenvalue weighted by Crippen LogP contribution is 2.28. The van der Waals surface area contributed by atoms with E-state index in [0.717, 1.165) is 16.5 Å². The summed E-state index contributed by atoms with van der Waals surface area (Å²) in [4.78, 5) is 18.9. The van der Waals surface area contributed by atoms with E-state index in [4.69, 9.17) is 5.11 Å². The van der Waals surface area contributed by atoms with Crippen molar-refractivity contribution >= 4 is 16.9 Å². The average molecular weight is 306 g/mol. The number of rotatable bonds is 3. The summed E-state index contributed by atoms with van der Waals surface area (Å²) in [6, 6.07) is 8.19. The summed E-state index contributed by atoms with van der Waals surface area (Å²) in [5.74, 6) is -1.11. The van der Waals surface area contributed by atoms with Crippen molar-refractivity contribution in [2.75, 3.05) is 0 Å². The highest BCUT2D eigenvalue weighted by atomic mass is 16.4. The molecule has 3 aromatic rings. The maximum Gasteiger partial charge on any atom is 0.356 e. The largest absolute Gasteiger partial charge is 0.476 e. The Morgan fingerprint density at radius 1 is 1.30 bits per heavy atom. The van der Waals surface area contributed by atoms with Crippen LogP contribution < -0.4 is 0 Å². The summed E-state index contributed by atoms with van der Waals surface area (Å²) in [5.41, 5.74) is 2.85. The fraction of sp³-hybridized carbons (Fsp3) is 0.176. The second-order valence-corrected chi connectivity index (χ2v) is 5.48. The molecule has 23 heavy (non-hydrogen) atoms. The number of aromatic carboxylic acids is 1. The molecule has 114 valence electrons. The molecule has 0 spiro atoms. The van der Waals surface area contributed by atoms with Gasteiger partial charge in [-0.2, -0.15) is 5.26 Å². The smallest absolute Gasteiger partial charge is 0.356 e. The molecule has 0 atom stereocenters. The standard InChI is InChI=1S/C17H14N4O2/c1-10(2)21-9-12(6-18)13-5-11(3-4-16(13)21)14-7-20-15(8-19-14)17(22)23/h3-5,7-10H,1-2H3,(H,22,23). The molecule has 2 heterocycles. The summed E-state index contributed by atoms with van der Waals surface area (Å²) in [5, 5.41) is 19.1. The van der Waals surface area contributed by atoms with Crippen LogP contribution in [-0.4, -0.2) is 25.6 Å². The first-order chi connectivity index (χ1) is 11.0. The van der Waals surface area contributed by atoms with Gasteiger partial charge in [0, 0.05) is 28.7 Å². The molecule has 6 nitrogen and oxygen atoms in total. The third-order valence-electron chi connectivity index (χ3n) is 3.68. The maximum atomic E-state index is 10.8. The van der Waals surface area contributed by atoms with E-state index in [1.807, 2.05) is 24.4 Å². The lowest BCUT2D eigenvalue weighted by Crippen LogP contribution is -2.01. The molecule has 0 aliphatic carbocycles. The van der Waals surface area contributed by atoms with E-state index in [-0.39, 0.29) is 11.7 Å². The topological polar surface area (TPSA) is 91.8 Å². The number of aromatic nitrogens is 3. The van der Waals surface area contributed by atoms with E-state index < -0.39 is 5.97 Å². The molecule has 0 bridgehead atoms. The molecule has 0 amide bonds. The average Bonchev–Trinajstić information content (AvgIpc) is 2.93. The molecule has 1 aromatic carbocycles. The summed E-state index contributed by atoms with van der Waals surface area (Å²) in [6.07, 6.45) is 4.50. The SMILES string of the molecule is CC(C)n1cc(C#N)c2cc(-c3cnc(C(=O)O)cn3)ccc21. The van der Waals surface area contributed by atoms with E-state index in [0.29, 0.717) is 11.3 Å². The number of benzene rings is 1. The third kappa shape index (κ3) is 2.53. The van der Waals surface area contributed by atoms with Crippen LogP contribution in [0.15, 0.2) is 36.8 Å². The van der Waals surface area contributed by atoms with Crippen molar-refractivity contribution in [3.8, 4) is 17.3 Å². The zero-order valence-corrected chi connectivity index (χ0v) is 12.7. The molecule has 2 aromatic heterocycles. The van der Waals surface area contributed by atoms with Crippen LogP contribution in [-0.2, 0) is 0 Å². The predicted molar refractivity (Wildman–Crippen MR) is 85.0 cm³/mol. The highest BCUT2D eigenvalue weighted by Gasteiger charge is 2.12. The molecule has 0 aliphatic heterocycles. The van der Waals surface area contributed by atoms with Crippen LogP contribution >= 0.6 is 0 Å². The Labute approximate surface area is 132 Å². The number of carbonyl (C=O) groups is 1. The Balaban J connectivity index is 2.13. The van der Waals surface area contributed by atoms with Gasteiger partial charge >= 0.3 is 5.97 Å². The van der Waals surface area contributed by atoms with Crippen LogP contribution in [0.1, 0.15) is 35.9 Å². The number of hydrogen-bond acceptors (Lipinski definition) is 4. The van der Waals surface area contributed by atoms with Crippen LogP contribution in [0, 0.1) is 11.3 Å². The Morgan fingerprint density at radius 2 is 2.09 bits per heavy atom. The van der Waals surface area contributed by atoms with Crippen LogP contribution in [0.25, 0.3) is 22.2 Å². The second kappa shape index (κ2) is 5.54. The number of hydrogen-bond donors (Lipinski definition) is 1. The molecule has 0 radical (unpaired) electrons. The second-order valence-electron chi connectivity index (χ2n) is 5.48. The summed E-state index contributed by atoms with van der Waals surface area (Å²) in [7, 11) is 0. The summed E-state index contributed by atoms with van der Waals surface area (Å²) < 4.78 is 2.05. The summed E-state index contributed by atoms with van der Waals surface area (Å²) >= 11 is 0. The van der Waals surface area contributed by atoms with E-state index in [1.165, 1.54) is 12.4 Å². The molecular weight excluding hydrogens is 292 g/mol. The van der Waals surface area contributed by atoms with Gasteiger partial charge in [0.1, 0.15) is 6.07 Å². The van der Waals surface area contributed by atoms with E-state index in [9.17, 15) is 10.1 Å². The molecule has 0 aliphatic rings. The number of nitriles is 1. The van der Waals surface area contributed by atoms with Crippen LogP contribution in [0.5, 0.6) is 0 Å². The molecule has 1 N–H and O–H groups in total. The Bertz CT molecular complexity index is 934. The molecular formula is C17H14N4O2. The van der Waals surface area contributed by atoms with Gasteiger partial charge < -0.3 is 9.67 Å². The van der Waals surface area contributed by atoms with E-state index in [1.54, 1.807) is 0 Å². The monoisotopic (exact) mass is 306 g/mol. The quantitative estimate of drug-likeness (QED) is 0.802. The third-order valence-corrected chi connectivity index (χ3v) is 3.68. The molecule has 3 rings (SSSR count). The van der Waals surface area contributed by atoms with Crippen molar-refractivity contribution < 1.29 is 9.90 Å². The molecule has 0 unspecified atom stereocenters. The molecule has 0 saturated heterocycles. The van der Waals surface area contributed by atoms with E-state index in [2.05, 4.69) is 34.5 Å². The van der Waals surface area contributed by atoms with Crippen LogP contribution in [0.3, 0.4) is 0 Å². The van der Waals surface area contributed by atoms with Gasteiger partial charge in [0.05, 0.1) is 23.7 Å². The minimum absolute atomic E-state index is 0.0986. The Kier molecular flexibility index (Phi) is 3.54. The summed E-state index contributed by atoms with van der Waals surface area (Å²) in [6.45, 7) is 4.12. The fourth-order valence-electron chi connectivity index (χ4n) is 2.52. The number of fused-ring (bicyclic) bond motifs is 1. The lowest BCUT2D eigenvalue weighted by Gasteiger charge is -2.09. The molecule has 6 heteroatoms. The van der Waals surface area contributed by atoms with Gasteiger partial charge in [0.2, 0.25) is 0 Å². The number of nitrogens with zero attached hydrogens (tertiary/aromatic N) is 4. The van der Waals surface area contributed by atoms with Crippen molar-refractivity contribution in [2.24, 2.45) is 0 Å². The van der Waals surface area contributed by atoms with Gasteiger partial charge in [0.15, 0.2) is 5.69 Å². The van der Waals surface area contributed by atoms with Crippen molar-refractivity contribution in [3.05, 3.63) is 48.0 Å². The zero-order valence-electron chi connectivity index (χ0n) is 12.7. The minimum Gasteiger partial charge on any atom is -0.476 e.